The van der Waals surface area contributed by atoms with Gasteiger partial charge in [-0.2, -0.15) is 0 Å². The van der Waals surface area contributed by atoms with Crippen LogP contribution in [0.25, 0.3) is 0 Å². The Kier molecular flexibility index (Phi) is 4.58. The van der Waals surface area contributed by atoms with E-state index in [0.29, 0.717) is 22.6 Å². The van der Waals surface area contributed by atoms with Gasteiger partial charge in [0.15, 0.2) is 6.61 Å². The monoisotopic (exact) mass is 288 g/mol. The van der Waals surface area contributed by atoms with Crippen LogP contribution in [0.2, 0.25) is 0 Å². The molecule has 4 heteroatoms. The number of ether oxygens (including phenoxy) is 2. The first kappa shape index (κ1) is 15.0. The number of Topliss-reactive ketones (excluding diaryl/α,β-unsaturated/α-hetero) is 1. The molecule has 2 aromatic rings. The fraction of sp³-hybridized carbons (Fsp3) is 0.235. The van der Waals surface area contributed by atoms with Gasteiger partial charge in [0.25, 0.3) is 0 Å². The van der Waals surface area contributed by atoms with E-state index in [1.54, 1.807) is 19.1 Å². The lowest BCUT2D eigenvalue weighted by atomic mass is 10.1. The first-order chi connectivity index (χ1) is 10.0. The van der Waals surface area contributed by atoms with E-state index in [1.807, 2.05) is 13.0 Å². The van der Waals surface area contributed by atoms with Crippen molar-refractivity contribution in [3.05, 3.63) is 58.9 Å². The third-order valence-corrected chi connectivity index (χ3v) is 3.15. The summed E-state index contributed by atoms with van der Waals surface area (Å²) in [5.41, 5.74) is 2.14. The molecule has 0 aliphatic carbocycles. The minimum atomic E-state index is -0.327. The molecule has 0 N–H and O–H groups in total. The number of hydrogen-bond donors (Lipinski definition) is 0. The molecule has 0 saturated heterocycles. The fourth-order valence-corrected chi connectivity index (χ4v) is 2.02. The summed E-state index contributed by atoms with van der Waals surface area (Å²) in [6.07, 6.45) is 0. The Hall–Kier alpha value is -2.36. The zero-order valence-corrected chi connectivity index (χ0v) is 12.3. The molecule has 2 aromatic carbocycles. The number of hydrogen-bond acceptors (Lipinski definition) is 3. The van der Waals surface area contributed by atoms with Crippen LogP contribution in [-0.2, 0) is 0 Å². The van der Waals surface area contributed by atoms with Crippen LogP contribution in [0.3, 0.4) is 0 Å². The highest BCUT2D eigenvalue weighted by atomic mass is 19.1. The van der Waals surface area contributed by atoms with Gasteiger partial charge in [0.05, 0.1) is 12.7 Å². The Morgan fingerprint density at radius 2 is 1.86 bits per heavy atom. The van der Waals surface area contributed by atoms with E-state index >= 15 is 0 Å². The summed E-state index contributed by atoms with van der Waals surface area (Å²) in [6.45, 7) is 3.54. The van der Waals surface area contributed by atoms with E-state index in [1.165, 1.54) is 25.3 Å². The van der Waals surface area contributed by atoms with E-state index in [-0.39, 0.29) is 18.2 Å². The molecule has 110 valence electrons. The van der Waals surface area contributed by atoms with Crippen molar-refractivity contribution in [2.75, 3.05) is 13.7 Å². The van der Waals surface area contributed by atoms with Gasteiger partial charge in [0.2, 0.25) is 5.78 Å². The summed E-state index contributed by atoms with van der Waals surface area (Å²) in [7, 11) is 1.52. The summed E-state index contributed by atoms with van der Waals surface area (Å²) >= 11 is 0. The van der Waals surface area contributed by atoms with Crippen molar-refractivity contribution in [2.45, 2.75) is 13.8 Å². The van der Waals surface area contributed by atoms with E-state index in [9.17, 15) is 9.18 Å². The molecule has 0 aromatic heterocycles. The molecular formula is C17H17FO3. The largest absolute Gasteiger partial charge is 0.496 e. The molecule has 0 spiro atoms. The predicted octanol–water partition coefficient (Wildman–Crippen LogP) is 3.71. The molecule has 0 bridgehead atoms. The predicted molar refractivity (Wildman–Crippen MR) is 78.7 cm³/mol. The van der Waals surface area contributed by atoms with Gasteiger partial charge in [-0.1, -0.05) is 6.07 Å². The second-order valence-electron chi connectivity index (χ2n) is 4.83. The number of rotatable bonds is 5. The minimum Gasteiger partial charge on any atom is -0.496 e. The number of carbonyl (C=O) groups excluding carboxylic acids is 1. The zero-order chi connectivity index (χ0) is 15.4. The molecule has 3 nitrogen and oxygen atoms in total. The Morgan fingerprint density at radius 1 is 1.10 bits per heavy atom. The Labute approximate surface area is 123 Å². The first-order valence-corrected chi connectivity index (χ1v) is 6.58. The van der Waals surface area contributed by atoms with Gasteiger partial charge in [-0.25, -0.2) is 4.39 Å². The maximum absolute atomic E-state index is 13.0. The van der Waals surface area contributed by atoms with Crippen LogP contribution >= 0.6 is 0 Å². The highest BCUT2D eigenvalue weighted by molar-refractivity contribution is 5.99. The molecule has 0 atom stereocenters. The van der Waals surface area contributed by atoms with Crippen LogP contribution in [0.1, 0.15) is 21.5 Å². The van der Waals surface area contributed by atoms with Crippen LogP contribution < -0.4 is 9.47 Å². The molecule has 0 aliphatic rings. The third-order valence-electron chi connectivity index (χ3n) is 3.15. The maximum atomic E-state index is 13.0. The molecule has 0 radical (unpaired) electrons. The number of methoxy groups -OCH3 is 1. The van der Waals surface area contributed by atoms with Crippen LogP contribution in [0, 0.1) is 19.7 Å². The second kappa shape index (κ2) is 6.39. The molecule has 2 rings (SSSR count). The van der Waals surface area contributed by atoms with E-state index in [4.69, 9.17) is 9.47 Å². The number of halogens is 1. The minimum absolute atomic E-state index is 0.119. The Balaban J connectivity index is 2.11. The smallest absolute Gasteiger partial charge is 0.203 e. The summed E-state index contributed by atoms with van der Waals surface area (Å²) in [5, 5.41) is 0. The Bertz CT molecular complexity index is 665. The molecule has 0 heterocycles. The summed E-state index contributed by atoms with van der Waals surface area (Å²) in [5.74, 6) is 0.511. The average molecular weight is 288 g/mol. The molecule has 0 fully saturated rings. The lowest BCUT2D eigenvalue weighted by Gasteiger charge is -2.11. The molecule has 0 saturated carbocycles. The zero-order valence-electron chi connectivity index (χ0n) is 12.3. The average Bonchev–Trinajstić information content (AvgIpc) is 2.45. The molecular weight excluding hydrogens is 271 g/mol. The topological polar surface area (TPSA) is 35.5 Å². The quantitative estimate of drug-likeness (QED) is 0.787. The van der Waals surface area contributed by atoms with E-state index in [0.717, 1.165) is 5.56 Å². The highest BCUT2D eigenvalue weighted by Crippen LogP contribution is 2.22. The first-order valence-electron chi connectivity index (χ1n) is 6.58. The lowest BCUT2D eigenvalue weighted by Crippen LogP contribution is -2.13. The fourth-order valence-electron chi connectivity index (χ4n) is 2.02. The number of benzene rings is 2. The summed E-state index contributed by atoms with van der Waals surface area (Å²) in [6, 6.07) is 9.56. The number of carbonyl (C=O) groups is 1. The SMILES string of the molecule is COc1cc(C)ccc1C(=O)COc1ccc(F)cc1C. The van der Waals surface area contributed by atoms with Gasteiger partial charge in [0.1, 0.15) is 17.3 Å². The highest BCUT2D eigenvalue weighted by Gasteiger charge is 2.13. The van der Waals surface area contributed by atoms with Crippen LogP contribution in [0.4, 0.5) is 4.39 Å². The Morgan fingerprint density at radius 3 is 2.52 bits per heavy atom. The van der Waals surface area contributed by atoms with Crippen molar-refractivity contribution in [3.63, 3.8) is 0 Å². The van der Waals surface area contributed by atoms with Crippen molar-refractivity contribution in [2.24, 2.45) is 0 Å². The molecule has 0 aliphatic heterocycles. The standard InChI is InChI=1S/C17H17FO3/c1-11-4-6-14(17(8-11)20-3)15(19)10-21-16-7-5-13(18)9-12(16)2/h4-9H,10H2,1-3H3. The van der Waals surface area contributed by atoms with Gasteiger partial charge in [0, 0.05) is 0 Å². The van der Waals surface area contributed by atoms with Gasteiger partial charge in [-0.15, -0.1) is 0 Å². The van der Waals surface area contributed by atoms with Crippen LogP contribution in [0.5, 0.6) is 11.5 Å². The molecule has 0 amide bonds. The summed E-state index contributed by atoms with van der Waals surface area (Å²) in [4.78, 5) is 12.2. The van der Waals surface area contributed by atoms with Gasteiger partial charge >= 0.3 is 0 Å². The van der Waals surface area contributed by atoms with Crippen molar-refractivity contribution in [1.29, 1.82) is 0 Å². The van der Waals surface area contributed by atoms with E-state index < -0.39 is 0 Å². The van der Waals surface area contributed by atoms with Crippen molar-refractivity contribution in [3.8, 4) is 11.5 Å². The van der Waals surface area contributed by atoms with Crippen LogP contribution in [0.15, 0.2) is 36.4 Å². The van der Waals surface area contributed by atoms with Crippen molar-refractivity contribution in [1.82, 2.24) is 0 Å². The van der Waals surface area contributed by atoms with E-state index in [2.05, 4.69) is 0 Å². The molecule has 0 unspecified atom stereocenters. The van der Waals surface area contributed by atoms with Crippen LogP contribution in [-0.4, -0.2) is 19.5 Å². The van der Waals surface area contributed by atoms with Crippen molar-refractivity contribution >= 4 is 5.78 Å². The molecule has 21 heavy (non-hydrogen) atoms. The van der Waals surface area contributed by atoms with Gasteiger partial charge in [-0.3, -0.25) is 4.79 Å². The summed E-state index contributed by atoms with van der Waals surface area (Å²) < 4.78 is 23.7. The third kappa shape index (κ3) is 3.60. The number of ketones is 1. The second-order valence-corrected chi connectivity index (χ2v) is 4.83. The lowest BCUT2D eigenvalue weighted by molar-refractivity contribution is 0.0918. The van der Waals surface area contributed by atoms with Crippen molar-refractivity contribution < 1.29 is 18.7 Å². The van der Waals surface area contributed by atoms with Gasteiger partial charge in [-0.05, 0) is 55.3 Å². The normalized spacial score (nSPS) is 10.3. The van der Waals surface area contributed by atoms with Gasteiger partial charge < -0.3 is 9.47 Å². The number of aryl methyl sites for hydroxylation is 2. The maximum Gasteiger partial charge on any atom is 0.203 e.